The fraction of sp³-hybridized carbons (Fsp3) is 0.133. The van der Waals surface area contributed by atoms with Crippen molar-refractivity contribution in [2.24, 2.45) is 5.73 Å². The van der Waals surface area contributed by atoms with Gasteiger partial charge in [0.1, 0.15) is 12.4 Å². The average Bonchev–Trinajstić information content (AvgIpc) is 2.93. The van der Waals surface area contributed by atoms with Gasteiger partial charge in [-0.15, -0.1) is 0 Å². The molecule has 0 radical (unpaired) electrons. The second kappa shape index (κ2) is 5.24. The third-order valence-corrected chi connectivity index (χ3v) is 3.37. The standard InChI is InChI=1S/C15H15N5O/c1-10-13(14(16)21)12(20-15(19-10)17-9-18-20)8-7-11-5-3-2-4-6-11/h2-9,12H,1H3,(H2,16,21)(H,17,18,19)/b8-7+/t12-/m1/s1. The summed E-state index contributed by atoms with van der Waals surface area (Å²) in [5.74, 6) is 0.129. The van der Waals surface area contributed by atoms with E-state index in [4.69, 9.17) is 5.73 Å². The Morgan fingerprint density at radius 3 is 2.86 bits per heavy atom. The normalized spacial score (nSPS) is 17.7. The topological polar surface area (TPSA) is 85.8 Å². The van der Waals surface area contributed by atoms with Crippen LogP contribution in [0.15, 0.2) is 54.0 Å². The molecule has 1 aromatic carbocycles. The molecule has 106 valence electrons. The first kappa shape index (κ1) is 13.1. The van der Waals surface area contributed by atoms with Gasteiger partial charge in [0.2, 0.25) is 11.9 Å². The van der Waals surface area contributed by atoms with E-state index in [2.05, 4.69) is 15.4 Å². The molecule has 2 aromatic rings. The first-order valence-electron chi connectivity index (χ1n) is 6.57. The molecule has 3 N–H and O–H groups in total. The summed E-state index contributed by atoms with van der Waals surface area (Å²) in [6.45, 7) is 1.81. The Morgan fingerprint density at radius 2 is 2.14 bits per heavy atom. The lowest BCUT2D eigenvalue weighted by Crippen LogP contribution is -2.30. The molecule has 6 heteroatoms. The van der Waals surface area contributed by atoms with Crippen molar-refractivity contribution < 1.29 is 4.79 Å². The zero-order valence-corrected chi connectivity index (χ0v) is 11.5. The van der Waals surface area contributed by atoms with Crippen molar-refractivity contribution in [3.63, 3.8) is 0 Å². The maximum Gasteiger partial charge on any atom is 0.248 e. The first-order valence-corrected chi connectivity index (χ1v) is 6.57. The molecule has 1 atom stereocenters. The van der Waals surface area contributed by atoms with Gasteiger partial charge in [-0.25, -0.2) is 4.68 Å². The van der Waals surface area contributed by atoms with E-state index in [1.54, 1.807) is 4.68 Å². The molecular weight excluding hydrogens is 266 g/mol. The molecule has 1 amide bonds. The van der Waals surface area contributed by atoms with Gasteiger partial charge in [-0.2, -0.15) is 10.1 Å². The number of rotatable bonds is 3. The number of allylic oxidation sites excluding steroid dienone is 2. The van der Waals surface area contributed by atoms with Crippen LogP contribution < -0.4 is 11.1 Å². The van der Waals surface area contributed by atoms with Crippen molar-refractivity contribution in [3.8, 4) is 0 Å². The van der Waals surface area contributed by atoms with E-state index in [9.17, 15) is 4.79 Å². The summed E-state index contributed by atoms with van der Waals surface area (Å²) < 4.78 is 1.65. The molecule has 1 aliphatic heterocycles. The predicted molar refractivity (Wildman–Crippen MR) is 80.1 cm³/mol. The number of aromatic nitrogens is 3. The number of carbonyl (C=O) groups excluding carboxylic acids is 1. The summed E-state index contributed by atoms with van der Waals surface area (Å²) in [6, 6.07) is 9.48. The fourth-order valence-electron chi connectivity index (χ4n) is 2.40. The fourth-order valence-corrected chi connectivity index (χ4v) is 2.40. The summed E-state index contributed by atoms with van der Waals surface area (Å²) in [5.41, 5.74) is 7.74. The number of hydrogen-bond donors (Lipinski definition) is 2. The number of amides is 1. The maximum absolute atomic E-state index is 11.7. The largest absolute Gasteiger partial charge is 0.366 e. The van der Waals surface area contributed by atoms with E-state index in [0.717, 1.165) is 5.56 Å². The van der Waals surface area contributed by atoms with Gasteiger partial charge >= 0.3 is 0 Å². The minimum absolute atomic E-state index is 0.360. The predicted octanol–water partition coefficient (Wildman–Crippen LogP) is 1.72. The van der Waals surface area contributed by atoms with Gasteiger partial charge in [-0.3, -0.25) is 4.79 Å². The molecule has 6 nitrogen and oxygen atoms in total. The van der Waals surface area contributed by atoms with Crippen LogP contribution in [-0.4, -0.2) is 20.7 Å². The number of anilines is 1. The van der Waals surface area contributed by atoms with E-state index in [-0.39, 0.29) is 6.04 Å². The lowest BCUT2D eigenvalue weighted by atomic mass is 10.0. The van der Waals surface area contributed by atoms with Crippen molar-refractivity contribution in [1.29, 1.82) is 0 Å². The Labute approximate surface area is 122 Å². The molecule has 0 aliphatic carbocycles. The molecule has 0 saturated heterocycles. The van der Waals surface area contributed by atoms with Crippen LogP contribution in [0.3, 0.4) is 0 Å². The third kappa shape index (κ3) is 2.43. The summed E-state index contributed by atoms with van der Waals surface area (Å²) in [6.07, 6.45) is 5.29. The Morgan fingerprint density at radius 1 is 1.38 bits per heavy atom. The number of benzene rings is 1. The highest BCUT2D eigenvalue weighted by atomic mass is 16.1. The molecule has 0 unspecified atom stereocenters. The highest BCUT2D eigenvalue weighted by molar-refractivity contribution is 5.95. The zero-order valence-electron chi connectivity index (χ0n) is 11.5. The average molecular weight is 281 g/mol. The van der Waals surface area contributed by atoms with Crippen LogP contribution in [0.5, 0.6) is 0 Å². The maximum atomic E-state index is 11.7. The van der Waals surface area contributed by atoms with Crippen molar-refractivity contribution in [3.05, 3.63) is 59.6 Å². The van der Waals surface area contributed by atoms with Crippen molar-refractivity contribution >= 4 is 17.9 Å². The summed E-state index contributed by atoms with van der Waals surface area (Å²) >= 11 is 0. The molecule has 1 aromatic heterocycles. The SMILES string of the molecule is CC1=C(C(N)=O)[C@@H](/C=C/c2ccccc2)n2ncnc2N1. The number of carbonyl (C=O) groups is 1. The Hall–Kier alpha value is -2.89. The summed E-state index contributed by atoms with van der Waals surface area (Å²) in [5, 5.41) is 7.20. The second-order valence-corrected chi connectivity index (χ2v) is 4.77. The van der Waals surface area contributed by atoms with Crippen molar-refractivity contribution in [2.45, 2.75) is 13.0 Å². The van der Waals surface area contributed by atoms with Crippen LogP contribution in [0.2, 0.25) is 0 Å². The second-order valence-electron chi connectivity index (χ2n) is 4.77. The summed E-state index contributed by atoms with van der Waals surface area (Å²) in [7, 11) is 0. The number of nitrogens with two attached hydrogens (primary N) is 1. The van der Waals surface area contributed by atoms with Gasteiger partial charge in [-0.1, -0.05) is 42.5 Å². The number of fused-ring (bicyclic) bond motifs is 1. The van der Waals surface area contributed by atoms with Crippen LogP contribution in [0.4, 0.5) is 5.95 Å². The van der Waals surface area contributed by atoms with Gasteiger partial charge in [0.05, 0.1) is 5.57 Å². The Bertz CT molecular complexity index is 730. The molecule has 0 saturated carbocycles. The van der Waals surface area contributed by atoms with Gasteiger partial charge < -0.3 is 11.1 Å². The van der Waals surface area contributed by atoms with Gasteiger partial charge in [0, 0.05) is 5.70 Å². The highest BCUT2D eigenvalue weighted by Gasteiger charge is 2.28. The highest BCUT2D eigenvalue weighted by Crippen LogP contribution is 2.30. The molecule has 2 heterocycles. The van der Waals surface area contributed by atoms with E-state index in [1.807, 2.05) is 49.4 Å². The Balaban J connectivity index is 2.02. The monoisotopic (exact) mass is 281 g/mol. The van der Waals surface area contributed by atoms with E-state index in [0.29, 0.717) is 17.2 Å². The molecular formula is C15H15N5O. The molecule has 21 heavy (non-hydrogen) atoms. The lowest BCUT2D eigenvalue weighted by Gasteiger charge is -2.25. The van der Waals surface area contributed by atoms with Crippen LogP contribution in [0.25, 0.3) is 6.08 Å². The van der Waals surface area contributed by atoms with Crippen LogP contribution in [-0.2, 0) is 4.79 Å². The van der Waals surface area contributed by atoms with Gasteiger partial charge in [0.15, 0.2) is 0 Å². The van der Waals surface area contributed by atoms with Crippen LogP contribution >= 0.6 is 0 Å². The quantitative estimate of drug-likeness (QED) is 0.897. The number of hydrogen-bond acceptors (Lipinski definition) is 4. The van der Waals surface area contributed by atoms with E-state index < -0.39 is 5.91 Å². The molecule has 0 fully saturated rings. The van der Waals surface area contributed by atoms with E-state index in [1.165, 1.54) is 6.33 Å². The van der Waals surface area contributed by atoms with Gasteiger partial charge in [-0.05, 0) is 12.5 Å². The number of primary amides is 1. The van der Waals surface area contributed by atoms with Crippen LogP contribution in [0, 0.1) is 0 Å². The smallest absolute Gasteiger partial charge is 0.248 e. The third-order valence-electron chi connectivity index (χ3n) is 3.37. The molecule has 0 spiro atoms. The van der Waals surface area contributed by atoms with E-state index >= 15 is 0 Å². The van der Waals surface area contributed by atoms with Crippen LogP contribution in [0.1, 0.15) is 18.5 Å². The first-order chi connectivity index (χ1) is 10.2. The number of nitrogens with zero attached hydrogens (tertiary/aromatic N) is 3. The molecule has 0 bridgehead atoms. The number of nitrogens with one attached hydrogen (secondary N) is 1. The summed E-state index contributed by atoms with van der Waals surface area (Å²) in [4.78, 5) is 15.9. The Kier molecular flexibility index (Phi) is 3.27. The van der Waals surface area contributed by atoms with Crippen molar-refractivity contribution in [2.75, 3.05) is 5.32 Å². The van der Waals surface area contributed by atoms with Gasteiger partial charge in [0.25, 0.3) is 0 Å². The molecule has 1 aliphatic rings. The minimum atomic E-state index is -0.469. The zero-order chi connectivity index (χ0) is 14.8. The van der Waals surface area contributed by atoms with Crippen molar-refractivity contribution in [1.82, 2.24) is 14.8 Å². The lowest BCUT2D eigenvalue weighted by molar-refractivity contribution is -0.115. The minimum Gasteiger partial charge on any atom is -0.366 e. The molecule has 3 rings (SSSR count).